The molecule has 2 rings (SSSR count). The zero-order chi connectivity index (χ0) is 9.26. The van der Waals surface area contributed by atoms with Crippen LogP contribution in [0.1, 0.15) is 5.56 Å². The van der Waals surface area contributed by atoms with Crippen molar-refractivity contribution in [1.82, 2.24) is 9.97 Å². The number of rotatable bonds is 0. The highest BCUT2D eigenvalue weighted by Crippen LogP contribution is 2.17. The molecule has 0 aliphatic rings. The minimum absolute atomic E-state index is 0.765. The number of halogens is 1. The fraction of sp³-hybridized carbons (Fsp3) is 0. The van der Waals surface area contributed by atoms with Gasteiger partial charge in [0.1, 0.15) is 4.60 Å². The molecule has 0 atom stereocenters. The lowest BCUT2D eigenvalue weighted by molar-refractivity contribution is 1.28. The van der Waals surface area contributed by atoms with Crippen LogP contribution < -0.4 is 0 Å². The molecule has 0 N–H and O–H groups in total. The van der Waals surface area contributed by atoms with Crippen LogP contribution in [0.3, 0.4) is 0 Å². The SMILES string of the molecule is C#Cc1ccnc2cc(Br)ncc12. The molecule has 0 unspecified atom stereocenters. The molecule has 2 aromatic rings. The lowest BCUT2D eigenvalue weighted by Crippen LogP contribution is -1.85. The van der Waals surface area contributed by atoms with Crippen molar-refractivity contribution in [1.29, 1.82) is 0 Å². The summed E-state index contributed by atoms with van der Waals surface area (Å²) in [5.74, 6) is 2.59. The van der Waals surface area contributed by atoms with E-state index in [1.165, 1.54) is 0 Å². The highest BCUT2D eigenvalue weighted by Gasteiger charge is 1.99. The second-order valence-corrected chi connectivity index (χ2v) is 3.34. The lowest BCUT2D eigenvalue weighted by atomic mass is 10.1. The van der Waals surface area contributed by atoms with Gasteiger partial charge in [-0.2, -0.15) is 0 Å². The second-order valence-electron chi connectivity index (χ2n) is 2.53. The van der Waals surface area contributed by atoms with Crippen LogP contribution in [-0.2, 0) is 0 Å². The van der Waals surface area contributed by atoms with Crippen LogP contribution in [0, 0.1) is 12.3 Å². The molecule has 2 nitrogen and oxygen atoms in total. The first kappa shape index (κ1) is 8.21. The van der Waals surface area contributed by atoms with E-state index in [1.807, 2.05) is 6.07 Å². The molecule has 0 spiro atoms. The molecule has 0 bridgehead atoms. The molecule has 2 aromatic heterocycles. The number of hydrogen-bond acceptors (Lipinski definition) is 2. The van der Waals surface area contributed by atoms with E-state index < -0.39 is 0 Å². The largest absolute Gasteiger partial charge is 0.256 e. The fourth-order valence-electron chi connectivity index (χ4n) is 1.14. The Kier molecular flexibility index (Phi) is 1.99. The van der Waals surface area contributed by atoms with Gasteiger partial charge in [-0.3, -0.25) is 4.98 Å². The Morgan fingerprint density at radius 1 is 1.38 bits per heavy atom. The Hall–Kier alpha value is -1.40. The number of pyridine rings is 2. The minimum Gasteiger partial charge on any atom is -0.256 e. The Bertz CT molecular complexity index is 500. The van der Waals surface area contributed by atoms with Crippen LogP contribution in [0.4, 0.5) is 0 Å². The molecule has 0 saturated heterocycles. The summed E-state index contributed by atoms with van der Waals surface area (Å²) in [5, 5.41) is 0.910. The van der Waals surface area contributed by atoms with E-state index in [1.54, 1.807) is 18.5 Å². The Morgan fingerprint density at radius 2 is 2.23 bits per heavy atom. The summed E-state index contributed by atoms with van der Waals surface area (Å²) in [7, 11) is 0. The van der Waals surface area contributed by atoms with Gasteiger partial charge in [-0.05, 0) is 28.1 Å². The Balaban J connectivity index is 2.87. The third-order valence-corrected chi connectivity index (χ3v) is 2.18. The third-order valence-electron chi connectivity index (χ3n) is 1.75. The molecule has 0 radical (unpaired) electrons. The lowest BCUT2D eigenvalue weighted by Gasteiger charge is -1.98. The van der Waals surface area contributed by atoms with Gasteiger partial charge in [0, 0.05) is 23.3 Å². The summed E-state index contributed by atoms with van der Waals surface area (Å²) in [5.41, 5.74) is 1.68. The van der Waals surface area contributed by atoms with Gasteiger partial charge in [0.25, 0.3) is 0 Å². The average Bonchev–Trinajstić information content (AvgIpc) is 2.16. The molecular weight excluding hydrogens is 228 g/mol. The summed E-state index contributed by atoms with van der Waals surface area (Å²) in [4.78, 5) is 8.28. The predicted octanol–water partition coefficient (Wildman–Crippen LogP) is 2.37. The molecule has 0 fully saturated rings. The van der Waals surface area contributed by atoms with Gasteiger partial charge in [0.15, 0.2) is 0 Å². The summed E-state index contributed by atoms with van der Waals surface area (Å²) < 4.78 is 0.765. The first-order chi connectivity index (χ1) is 6.31. The average molecular weight is 233 g/mol. The number of terminal acetylenes is 1. The molecular formula is C10H5BrN2. The highest BCUT2D eigenvalue weighted by molar-refractivity contribution is 9.10. The van der Waals surface area contributed by atoms with E-state index in [2.05, 4.69) is 31.8 Å². The molecule has 0 amide bonds. The van der Waals surface area contributed by atoms with Crippen molar-refractivity contribution in [3.63, 3.8) is 0 Å². The van der Waals surface area contributed by atoms with Crippen molar-refractivity contribution in [2.45, 2.75) is 0 Å². The summed E-state index contributed by atoms with van der Waals surface area (Å²) in [6.45, 7) is 0. The molecule has 2 heterocycles. The van der Waals surface area contributed by atoms with Crippen molar-refractivity contribution >= 4 is 26.8 Å². The topological polar surface area (TPSA) is 25.8 Å². The van der Waals surface area contributed by atoms with Crippen molar-refractivity contribution in [2.24, 2.45) is 0 Å². The van der Waals surface area contributed by atoms with E-state index in [9.17, 15) is 0 Å². The summed E-state index contributed by atoms with van der Waals surface area (Å²) in [6.07, 6.45) is 8.76. The van der Waals surface area contributed by atoms with Crippen LogP contribution in [-0.4, -0.2) is 9.97 Å². The second kappa shape index (κ2) is 3.15. The number of aromatic nitrogens is 2. The van der Waals surface area contributed by atoms with Crippen LogP contribution in [0.5, 0.6) is 0 Å². The van der Waals surface area contributed by atoms with Crippen molar-refractivity contribution in [2.75, 3.05) is 0 Å². The maximum Gasteiger partial charge on any atom is 0.108 e. The molecule has 0 aliphatic carbocycles. The first-order valence-corrected chi connectivity index (χ1v) is 4.47. The van der Waals surface area contributed by atoms with Crippen molar-refractivity contribution < 1.29 is 0 Å². The fourth-order valence-corrected chi connectivity index (χ4v) is 1.46. The maximum absolute atomic E-state index is 5.34. The van der Waals surface area contributed by atoms with Gasteiger partial charge in [0.2, 0.25) is 0 Å². The maximum atomic E-state index is 5.34. The van der Waals surface area contributed by atoms with E-state index in [0.29, 0.717) is 0 Å². The number of nitrogens with zero attached hydrogens (tertiary/aromatic N) is 2. The van der Waals surface area contributed by atoms with Gasteiger partial charge in [0.05, 0.1) is 5.52 Å². The molecule has 0 saturated carbocycles. The molecule has 0 aliphatic heterocycles. The van der Waals surface area contributed by atoms with Gasteiger partial charge >= 0.3 is 0 Å². The van der Waals surface area contributed by atoms with Crippen LogP contribution >= 0.6 is 15.9 Å². The standard InChI is InChI=1S/C10H5BrN2/c1-2-7-3-4-12-9-5-10(11)13-6-8(7)9/h1,3-6H. The van der Waals surface area contributed by atoms with Crippen molar-refractivity contribution in [3.8, 4) is 12.3 Å². The monoisotopic (exact) mass is 232 g/mol. The van der Waals surface area contributed by atoms with E-state index in [0.717, 1.165) is 21.1 Å². The smallest absolute Gasteiger partial charge is 0.108 e. The van der Waals surface area contributed by atoms with Gasteiger partial charge in [-0.1, -0.05) is 5.92 Å². The van der Waals surface area contributed by atoms with Crippen molar-refractivity contribution in [3.05, 3.63) is 34.7 Å². The zero-order valence-electron chi connectivity index (χ0n) is 6.66. The minimum atomic E-state index is 0.765. The third kappa shape index (κ3) is 1.41. The molecule has 0 aromatic carbocycles. The normalized spacial score (nSPS) is 9.85. The van der Waals surface area contributed by atoms with E-state index in [-0.39, 0.29) is 0 Å². The van der Waals surface area contributed by atoms with E-state index >= 15 is 0 Å². The quantitative estimate of drug-likeness (QED) is 0.515. The van der Waals surface area contributed by atoms with Crippen LogP contribution in [0.2, 0.25) is 0 Å². The zero-order valence-corrected chi connectivity index (χ0v) is 8.25. The van der Waals surface area contributed by atoms with Gasteiger partial charge < -0.3 is 0 Å². The Morgan fingerprint density at radius 3 is 3.00 bits per heavy atom. The molecule has 3 heteroatoms. The van der Waals surface area contributed by atoms with Crippen LogP contribution in [0.25, 0.3) is 10.9 Å². The van der Waals surface area contributed by atoms with E-state index in [4.69, 9.17) is 6.42 Å². The van der Waals surface area contributed by atoms with Gasteiger partial charge in [-0.15, -0.1) is 6.42 Å². The molecule has 13 heavy (non-hydrogen) atoms. The highest BCUT2D eigenvalue weighted by atomic mass is 79.9. The number of fused-ring (bicyclic) bond motifs is 1. The number of hydrogen-bond donors (Lipinski definition) is 0. The Labute approximate surface area is 84.1 Å². The summed E-state index contributed by atoms with van der Waals surface area (Å²) in [6, 6.07) is 3.65. The first-order valence-electron chi connectivity index (χ1n) is 3.68. The predicted molar refractivity (Wildman–Crippen MR) is 55.2 cm³/mol. The molecule has 62 valence electrons. The van der Waals surface area contributed by atoms with Crippen LogP contribution in [0.15, 0.2) is 29.1 Å². The van der Waals surface area contributed by atoms with Gasteiger partial charge in [-0.25, -0.2) is 4.98 Å². The summed E-state index contributed by atoms with van der Waals surface area (Å²) >= 11 is 3.28.